The van der Waals surface area contributed by atoms with Gasteiger partial charge in [-0.15, -0.1) is 0 Å². The Morgan fingerprint density at radius 1 is 1.32 bits per heavy atom. The van der Waals surface area contributed by atoms with Gasteiger partial charge in [-0.05, 0) is 52.5 Å². The van der Waals surface area contributed by atoms with Crippen LogP contribution in [0.15, 0.2) is 35.7 Å². The molecule has 1 atom stereocenters. The van der Waals surface area contributed by atoms with Crippen molar-refractivity contribution in [1.82, 2.24) is 10.3 Å². The summed E-state index contributed by atoms with van der Waals surface area (Å²) in [5.41, 5.74) is 0.881. The molecule has 0 aromatic carbocycles. The molecule has 0 saturated heterocycles. The largest absolute Gasteiger partial charge is 0.381 e. The van der Waals surface area contributed by atoms with E-state index in [4.69, 9.17) is 16.3 Å². The number of nitriles is 1. The normalized spacial score (nSPS) is 16.2. The number of aromatic nitrogens is 1. The van der Waals surface area contributed by atoms with E-state index in [1.165, 1.54) is 44.7 Å². The van der Waals surface area contributed by atoms with Gasteiger partial charge in [0.15, 0.2) is 5.15 Å². The molecular formula is C29H45ClFN5O. The smallest absolute Gasteiger partial charge is 0.152 e. The van der Waals surface area contributed by atoms with Gasteiger partial charge in [0.25, 0.3) is 0 Å². The van der Waals surface area contributed by atoms with Gasteiger partial charge in [-0.25, -0.2) is 9.37 Å². The maximum atomic E-state index is 13.5. The second-order valence-electron chi connectivity index (χ2n) is 9.54. The number of anilines is 1. The fourth-order valence-electron chi connectivity index (χ4n) is 3.91. The SMILES string of the molecule is C=C(F)/C(=C\C)c1cnc(Cl)c(NCC(C)(C#N)CCOCCC)c1.CCN=CNC1CCCCCC1. The Balaban J connectivity index is 0.000000474. The van der Waals surface area contributed by atoms with Crippen LogP contribution >= 0.6 is 11.6 Å². The van der Waals surface area contributed by atoms with Gasteiger partial charge in [0, 0.05) is 49.7 Å². The van der Waals surface area contributed by atoms with Crippen LogP contribution in [-0.2, 0) is 4.74 Å². The molecule has 1 aliphatic carbocycles. The summed E-state index contributed by atoms with van der Waals surface area (Å²) in [5, 5.41) is 16.3. The zero-order chi connectivity index (χ0) is 27.5. The van der Waals surface area contributed by atoms with Crippen LogP contribution in [0.2, 0.25) is 5.15 Å². The number of nitrogens with one attached hydrogen (secondary N) is 2. The van der Waals surface area contributed by atoms with Crippen molar-refractivity contribution < 1.29 is 9.13 Å². The lowest BCUT2D eigenvalue weighted by atomic mass is 9.89. The lowest BCUT2D eigenvalue weighted by molar-refractivity contribution is 0.114. The monoisotopic (exact) mass is 533 g/mol. The lowest BCUT2D eigenvalue weighted by Crippen LogP contribution is -2.27. The van der Waals surface area contributed by atoms with E-state index in [1.807, 2.05) is 20.2 Å². The van der Waals surface area contributed by atoms with Crippen LogP contribution in [0.1, 0.15) is 84.6 Å². The Bertz CT molecular complexity index is 906. The van der Waals surface area contributed by atoms with Crippen LogP contribution in [0.4, 0.5) is 10.1 Å². The Morgan fingerprint density at radius 3 is 2.59 bits per heavy atom. The van der Waals surface area contributed by atoms with E-state index in [0.29, 0.717) is 49.0 Å². The Hall–Kier alpha value is -2.43. The van der Waals surface area contributed by atoms with Crippen molar-refractivity contribution in [2.24, 2.45) is 10.4 Å². The molecule has 2 rings (SSSR count). The third-order valence-corrected chi connectivity index (χ3v) is 6.56. The third kappa shape index (κ3) is 13.1. The highest BCUT2D eigenvalue weighted by Gasteiger charge is 2.24. The summed E-state index contributed by atoms with van der Waals surface area (Å²) in [6, 6.07) is 4.73. The number of hydrogen-bond donors (Lipinski definition) is 2. The van der Waals surface area contributed by atoms with Crippen molar-refractivity contribution in [2.75, 3.05) is 31.6 Å². The maximum Gasteiger partial charge on any atom is 0.152 e. The molecule has 1 aromatic heterocycles. The zero-order valence-electron chi connectivity index (χ0n) is 23.1. The van der Waals surface area contributed by atoms with E-state index in [-0.39, 0.29) is 5.15 Å². The highest BCUT2D eigenvalue weighted by atomic mass is 35.5. The van der Waals surface area contributed by atoms with Crippen molar-refractivity contribution in [3.8, 4) is 6.07 Å². The average molecular weight is 534 g/mol. The predicted molar refractivity (Wildman–Crippen MR) is 155 cm³/mol. The number of allylic oxidation sites excluding steroid dienone is 3. The summed E-state index contributed by atoms with van der Waals surface area (Å²) in [5.74, 6) is -0.535. The molecule has 1 aromatic rings. The molecule has 0 spiro atoms. The van der Waals surface area contributed by atoms with E-state index in [1.54, 1.807) is 19.1 Å². The topological polar surface area (TPSA) is 82.3 Å². The molecule has 1 unspecified atom stereocenters. The van der Waals surface area contributed by atoms with Crippen molar-refractivity contribution in [3.05, 3.63) is 41.5 Å². The van der Waals surface area contributed by atoms with Crippen LogP contribution < -0.4 is 10.6 Å². The van der Waals surface area contributed by atoms with Gasteiger partial charge in [0.2, 0.25) is 0 Å². The minimum absolute atomic E-state index is 0.270. The number of rotatable bonds is 13. The highest BCUT2D eigenvalue weighted by molar-refractivity contribution is 6.32. The first-order valence-corrected chi connectivity index (χ1v) is 13.8. The second-order valence-corrected chi connectivity index (χ2v) is 9.90. The third-order valence-electron chi connectivity index (χ3n) is 6.26. The Kier molecular flexibility index (Phi) is 16.5. The average Bonchev–Trinajstić information content (AvgIpc) is 3.16. The van der Waals surface area contributed by atoms with Gasteiger partial charge in [0.05, 0.1) is 23.5 Å². The molecule has 1 fully saturated rings. The van der Waals surface area contributed by atoms with E-state index >= 15 is 0 Å². The molecule has 6 nitrogen and oxygen atoms in total. The molecule has 1 aliphatic rings. The molecule has 0 bridgehead atoms. The summed E-state index contributed by atoms with van der Waals surface area (Å²) < 4.78 is 19.0. The lowest BCUT2D eigenvalue weighted by Gasteiger charge is -2.23. The van der Waals surface area contributed by atoms with Crippen LogP contribution in [0.5, 0.6) is 0 Å². The van der Waals surface area contributed by atoms with Crippen molar-refractivity contribution in [3.63, 3.8) is 0 Å². The first kappa shape index (κ1) is 32.6. The van der Waals surface area contributed by atoms with Crippen LogP contribution in [0, 0.1) is 16.7 Å². The number of pyridine rings is 1. The molecular weight excluding hydrogens is 489 g/mol. The number of nitrogens with zero attached hydrogens (tertiary/aromatic N) is 3. The van der Waals surface area contributed by atoms with E-state index < -0.39 is 11.2 Å². The number of halogens is 2. The molecule has 0 aliphatic heterocycles. The standard InChI is InChI=1S/C19H25ClFN3O.C10H20N2/c1-5-8-25-9-7-19(4,12-22)13-24-17-10-15(11-23-18(17)20)16(6-2)14(3)21;1-2-11-9-12-10-7-5-3-4-6-8-10/h6,10-11,24H,3,5,7-9,13H2,1-2,4H3;9-10H,2-8H2,1H3,(H,11,12)/b16-6+;. The van der Waals surface area contributed by atoms with Crippen LogP contribution in [0.3, 0.4) is 0 Å². The fraction of sp³-hybridized carbons (Fsp3) is 0.621. The number of hydrogen-bond acceptors (Lipinski definition) is 5. The summed E-state index contributed by atoms with van der Waals surface area (Å²) in [7, 11) is 0. The zero-order valence-corrected chi connectivity index (χ0v) is 23.8. The quantitative estimate of drug-likeness (QED) is 0.0676. The van der Waals surface area contributed by atoms with Crippen LogP contribution in [-0.4, -0.2) is 43.7 Å². The van der Waals surface area contributed by atoms with Crippen LogP contribution in [0.25, 0.3) is 5.57 Å². The first-order valence-electron chi connectivity index (χ1n) is 13.4. The molecule has 37 heavy (non-hydrogen) atoms. The van der Waals surface area contributed by atoms with Gasteiger partial charge in [-0.1, -0.05) is 56.9 Å². The minimum atomic E-state index is -0.611. The molecule has 1 saturated carbocycles. The molecule has 0 amide bonds. The van der Waals surface area contributed by atoms with E-state index in [2.05, 4.69) is 40.2 Å². The molecule has 206 valence electrons. The van der Waals surface area contributed by atoms with E-state index in [0.717, 1.165) is 13.0 Å². The number of ether oxygens (including phenoxy) is 1. The Morgan fingerprint density at radius 2 is 2.03 bits per heavy atom. The summed E-state index contributed by atoms with van der Waals surface area (Å²) in [6.07, 6.45) is 14.8. The van der Waals surface area contributed by atoms with Crippen molar-refractivity contribution in [2.45, 2.75) is 85.1 Å². The second kappa shape index (κ2) is 18.8. The fourth-order valence-corrected chi connectivity index (χ4v) is 4.08. The van der Waals surface area contributed by atoms with Gasteiger partial charge < -0.3 is 15.4 Å². The Labute approximate surface area is 228 Å². The predicted octanol–water partition coefficient (Wildman–Crippen LogP) is 7.73. The summed E-state index contributed by atoms with van der Waals surface area (Å²) in [6.45, 7) is 13.5. The number of aliphatic imine (C=N–C) groups is 1. The van der Waals surface area contributed by atoms with Gasteiger partial charge in [0.1, 0.15) is 5.83 Å². The highest BCUT2D eigenvalue weighted by Crippen LogP contribution is 2.29. The minimum Gasteiger partial charge on any atom is -0.381 e. The first-order chi connectivity index (χ1) is 17.8. The van der Waals surface area contributed by atoms with Crippen molar-refractivity contribution >= 4 is 29.2 Å². The molecule has 1 heterocycles. The molecule has 8 heteroatoms. The van der Waals surface area contributed by atoms with Gasteiger partial charge in [-0.3, -0.25) is 4.99 Å². The van der Waals surface area contributed by atoms with Gasteiger partial charge >= 0.3 is 0 Å². The van der Waals surface area contributed by atoms with E-state index in [9.17, 15) is 9.65 Å². The molecule has 0 radical (unpaired) electrons. The molecule has 2 N–H and O–H groups in total. The summed E-state index contributed by atoms with van der Waals surface area (Å²) in [4.78, 5) is 8.25. The van der Waals surface area contributed by atoms with Gasteiger partial charge in [-0.2, -0.15) is 5.26 Å². The maximum absolute atomic E-state index is 13.5. The summed E-state index contributed by atoms with van der Waals surface area (Å²) >= 11 is 6.12. The van der Waals surface area contributed by atoms with Crippen molar-refractivity contribution in [1.29, 1.82) is 5.26 Å².